The van der Waals surface area contributed by atoms with E-state index in [1.807, 2.05) is 12.1 Å². The Morgan fingerprint density at radius 1 is 1.50 bits per heavy atom. The molecule has 0 bridgehead atoms. The maximum Gasteiger partial charge on any atom is 0.254 e. The van der Waals surface area contributed by atoms with Gasteiger partial charge in [-0.2, -0.15) is 0 Å². The Balaban J connectivity index is 1.59. The number of aromatic amines is 1. The fourth-order valence-corrected chi connectivity index (χ4v) is 2.84. The van der Waals surface area contributed by atoms with Gasteiger partial charge in [0.05, 0.1) is 18.3 Å². The van der Waals surface area contributed by atoms with Crippen LogP contribution in [0, 0.1) is 4.64 Å². The number of ether oxygens (including phenoxy) is 1. The number of hydrogen-bond acceptors (Lipinski definition) is 5. The first-order valence-corrected chi connectivity index (χ1v) is 8.31. The van der Waals surface area contributed by atoms with Gasteiger partial charge >= 0.3 is 0 Å². The topological polar surface area (TPSA) is 70.2 Å². The van der Waals surface area contributed by atoms with Gasteiger partial charge in [-0.3, -0.25) is 4.79 Å². The number of amides is 1. The molecule has 1 aliphatic rings. The second-order valence-electron chi connectivity index (χ2n) is 5.75. The number of anilines is 1. The molecule has 0 saturated carbocycles. The highest BCUT2D eigenvalue weighted by atomic mass is 32.1. The van der Waals surface area contributed by atoms with E-state index < -0.39 is 0 Å². The molecule has 0 radical (unpaired) electrons. The molecule has 2 N–H and O–H groups in total. The maximum absolute atomic E-state index is 12.1. The van der Waals surface area contributed by atoms with Crippen molar-refractivity contribution in [3.8, 4) is 0 Å². The summed E-state index contributed by atoms with van der Waals surface area (Å²) in [5.74, 6) is 0.744. The lowest BCUT2D eigenvalue weighted by Gasteiger charge is -2.32. The molecule has 126 valence electrons. The van der Waals surface area contributed by atoms with Crippen molar-refractivity contribution in [3.63, 3.8) is 0 Å². The number of rotatable bonds is 4. The van der Waals surface area contributed by atoms with Crippen LogP contribution in [0.2, 0.25) is 0 Å². The minimum atomic E-state index is -0.192. The third kappa shape index (κ3) is 3.98. The first-order chi connectivity index (χ1) is 11.6. The summed E-state index contributed by atoms with van der Waals surface area (Å²) in [5.41, 5.74) is 1.42. The molecule has 0 aromatic carbocycles. The SMILES string of the molecule is C[C@@H]1CN(c2ccc(CNC(=O)c3ccc[nH]c3=S)cn2)CCO1. The van der Waals surface area contributed by atoms with Crippen LogP contribution >= 0.6 is 12.2 Å². The summed E-state index contributed by atoms with van der Waals surface area (Å²) in [5, 5.41) is 2.86. The molecule has 0 unspecified atom stereocenters. The molecule has 1 atom stereocenters. The van der Waals surface area contributed by atoms with Crippen molar-refractivity contribution < 1.29 is 9.53 Å². The summed E-state index contributed by atoms with van der Waals surface area (Å²) in [6, 6.07) is 7.42. The Bertz CT molecular complexity index is 760. The molecule has 3 heterocycles. The number of nitrogens with zero attached hydrogens (tertiary/aromatic N) is 2. The predicted molar refractivity (Wildman–Crippen MR) is 94.7 cm³/mol. The van der Waals surface area contributed by atoms with Gasteiger partial charge in [0, 0.05) is 32.0 Å². The molecule has 24 heavy (non-hydrogen) atoms. The van der Waals surface area contributed by atoms with Gasteiger partial charge in [0.1, 0.15) is 10.5 Å². The number of aromatic nitrogens is 2. The number of carbonyl (C=O) groups is 1. The molecule has 3 rings (SSSR count). The van der Waals surface area contributed by atoms with Crippen molar-refractivity contribution in [2.75, 3.05) is 24.6 Å². The fraction of sp³-hybridized carbons (Fsp3) is 0.353. The number of H-pyrrole nitrogens is 1. The molecule has 2 aromatic heterocycles. The number of carbonyl (C=O) groups excluding carboxylic acids is 1. The first kappa shape index (κ1) is 16.6. The maximum atomic E-state index is 12.1. The average Bonchev–Trinajstić information content (AvgIpc) is 2.60. The van der Waals surface area contributed by atoms with Crippen LogP contribution in [0.3, 0.4) is 0 Å². The first-order valence-electron chi connectivity index (χ1n) is 7.91. The van der Waals surface area contributed by atoms with Crippen LogP contribution in [0.15, 0.2) is 36.7 Å². The standard InChI is InChI=1S/C17H20N4O2S/c1-12-11-21(7-8-23-12)15-5-4-13(9-19-15)10-20-16(22)14-3-2-6-18-17(14)24/h2-6,9,12H,7-8,10-11H2,1H3,(H,18,24)(H,20,22)/t12-/m1/s1. The molecule has 0 spiro atoms. The monoisotopic (exact) mass is 344 g/mol. The van der Waals surface area contributed by atoms with Crippen LogP contribution in [-0.4, -0.2) is 41.7 Å². The van der Waals surface area contributed by atoms with Crippen LogP contribution < -0.4 is 10.2 Å². The third-order valence-corrected chi connectivity index (χ3v) is 4.23. The van der Waals surface area contributed by atoms with E-state index in [1.54, 1.807) is 24.5 Å². The highest BCUT2D eigenvalue weighted by molar-refractivity contribution is 7.71. The van der Waals surface area contributed by atoms with Gasteiger partial charge in [-0.25, -0.2) is 4.98 Å². The molecular formula is C17H20N4O2S. The predicted octanol–water partition coefficient (Wildman–Crippen LogP) is 2.29. The quantitative estimate of drug-likeness (QED) is 0.833. The Hall–Kier alpha value is -2.25. The lowest BCUT2D eigenvalue weighted by Crippen LogP contribution is -2.41. The van der Waals surface area contributed by atoms with E-state index in [1.165, 1.54) is 0 Å². The number of pyridine rings is 2. The molecule has 7 heteroatoms. The van der Waals surface area contributed by atoms with Crippen LogP contribution in [0.25, 0.3) is 0 Å². The van der Waals surface area contributed by atoms with Crippen molar-refractivity contribution in [2.45, 2.75) is 19.6 Å². The molecule has 1 saturated heterocycles. The van der Waals surface area contributed by atoms with E-state index in [4.69, 9.17) is 17.0 Å². The van der Waals surface area contributed by atoms with Crippen LogP contribution in [0.4, 0.5) is 5.82 Å². The minimum absolute atomic E-state index is 0.192. The Labute approximate surface area is 145 Å². The summed E-state index contributed by atoms with van der Waals surface area (Å²) >= 11 is 5.11. The second kappa shape index (κ2) is 7.55. The zero-order valence-electron chi connectivity index (χ0n) is 13.5. The largest absolute Gasteiger partial charge is 0.375 e. The van der Waals surface area contributed by atoms with Gasteiger partial charge in [0.15, 0.2) is 0 Å². The highest BCUT2D eigenvalue weighted by Crippen LogP contribution is 2.15. The number of morpholine rings is 1. The lowest BCUT2D eigenvalue weighted by molar-refractivity contribution is 0.0529. The Morgan fingerprint density at radius 3 is 3.08 bits per heavy atom. The Kier molecular flexibility index (Phi) is 5.22. The summed E-state index contributed by atoms with van der Waals surface area (Å²) in [6.45, 7) is 4.88. The van der Waals surface area contributed by atoms with Crippen LogP contribution in [0.5, 0.6) is 0 Å². The van der Waals surface area contributed by atoms with Gasteiger partial charge in [0.2, 0.25) is 0 Å². The molecule has 0 aliphatic carbocycles. The van der Waals surface area contributed by atoms with Gasteiger partial charge < -0.3 is 19.9 Å². The molecule has 1 fully saturated rings. The van der Waals surface area contributed by atoms with Crippen LogP contribution in [0.1, 0.15) is 22.8 Å². The molecule has 1 aliphatic heterocycles. The van der Waals surface area contributed by atoms with Crippen molar-refractivity contribution >= 4 is 23.9 Å². The zero-order chi connectivity index (χ0) is 16.9. The molecular weight excluding hydrogens is 324 g/mol. The second-order valence-corrected chi connectivity index (χ2v) is 6.16. The normalized spacial score (nSPS) is 17.5. The van der Waals surface area contributed by atoms with Gasteiger partial charge in [-0.1, -0.05) is 18.3 Å². The summed E-state index contributed by atoms with van der Waals surface area (Å²) in [7, 11) is 0. The Morgan fingerprint density at radius 2 is 2.38 bits per heavy atom. The van der Waals surface area contributed by atoms with Crippen LogP contribution in [-0.2, 0) is 11.3 Å². The lowest BCUT2D eigenvalue weighted by atomic mass is 10.2. The van der Waals surface area contributed by atoms with Crippen molar-refractivity contribution in [2.24, 2.45) is 0 Å². The zero-order valence-corrected chi connectivity index (χ0v) is 14.3. The van der Waals surface area contributed by atoms with E-state index in [9.17, 15) is 4.79 Å². The van der Waals surface area contributed by atoms with Crippen molar-refractivity contribution in [1.82, 2.24) is 15.3 Å². The van der Waals surface area contributed by atoms with E-state index in [-0.39, 0.29) is 12.0 Å². The van der Waals surface area contributed by atoms with E-state index in [0.717, 1.165) is 31.1 Å². The average molecular weight is 344 g/mol. The molecule has 1 amide bonds. The summed E-state index contributed by atoms with van der Waals surface area (Å²) in [6.07, 6.45) is 3.71. The third-order valence-electron chi connectivity index (χ3n) is 3.89. The van der Waals surface area contributed by atoms with Gasteiger partial charge in [0.25, 0.3) is 5.91 Å². The van der Waals surface area contributed by atoms with Gasteiger partial charge in [-0.05, 0) is 30.7 Å². The minimum Gasteiger partial charge on any atom is -0.375 e. The number of nitrogens with one attached hydrogen (secondary N) is 2. The van der Waals surface area contributed by atoms with Crippen molar-refractivity contribution in [1.29, 1.82) is 0 Å². The van der Waals surface area contributed by atoms with E-state index in [0.29, 0.717) is 16.7 Å². The highest BCUT2D eigenvalue weighted by Gasteiger charge is 2.17. The fourth-order valence-electron chi connectivity index (χ4n) is 2.61. The summed E-state index contributed by atoms with van der Waals surface area (Å²) < 4.78 is 5.98. The number of hydrogen-bond donors (Lipinski definition) is 2. The summed E-state index contributed by atoms with van der Waals surface area (Å²) in [4.78, 5) is 21.7. The molecule has 6 nitrogen and oxygen atoms in total. The van der Waals surface area contributed by atoms with Gasteiger partial charge in [-0.15, -0.1) is 0 Å². The van der Waals surface area contributed by atoms with E-state index in [2.05, 4.69) is 27.1 Å². The molecule has 2 aromatic rings. The van der Waals surface area contributed by atoms with Crippen molar-refractivity contribution in [3.05, 3.63) is 52.4 Å². The van der Waals surface area contributed by atoms with E-state index >= 15 is 0 Å². The smallest absolute Gasteiger partial charge is 0.254 e.